The number of rotatable bonds is 8. The average molecular weight is 589 g/mol. The lowest BCUT2D eigenvalue weighted by Gasteiger charge is -2.27. The van der Waals surface area contributed by atoms with E-state index < -0.39 is 40.5 Å². The highest BCUT2D eigenvalue weighted by Gasteiger charge is 2.39. The van der Waals surface area contributed by atoms with Crippen molar-refractivity contribution in [2.75, 3.05) is 18.1 Å². The predicted molar refractivity (Wildman–Crippen MR) is 137 cm³/mol. The third kappa shape index (κ3) is 6.49. The van der Waals surface area contributed by atoms with Gasteiger partial charge in [0.1, 0.15) is 17.5 Å². The fourth-order valence-electron chi connectivity index (χ4n) is 4.71. The minimum atomic E-state index is -4.46. The van der Waals surface area contributed by atoms with Crippen LogP contribution in [0.15, 0.2) is 42.6 Å². The summed E-state index contributed by atoms with van der Waals surface area (Å²) in [4.78, 5) is 30.7. The highest BCUT2D eigenvalue weighted by atomic mass is 32.2. The fourth-order valence-corrected chi connectivity index (χ4v) is 6.01. The van der Waals surface area contributed by atoms with E-state index in [9.17, 15) is 31.2 Å². The molecule has 0 aliphatic carbocycles. The first-order valence-corrected chi connectivity index (χ1v) is 14.3. The Bertz CT molecular complexity index is 1640. The Morgan fingerprint density at radius 3 is 2.68 bits per heavy atom. The SMILES string of the molecule is N#Cc1ccc(-n2nc3c(c2C(=O)NC2CS(=O)(=O)C2)C(=O)N[C@@H](CCc2cccc(OCC(F)(F)F)c2)C3)nc1. The van der Waals surface area contributed by atoms with Crippen molar-refractivity contribution in [3.05, 3.63) is 70.7 Å². The smallest absolute Gasteiger partial charge is 0.422 e. The second-order valence-corrected chi connectivity index (χ2v) is 12.0. The topological polar surface area (TPSA) is 156 Å². The first-order chi connectivity index (χ1) is 19.4. The van der Waals surface area contributed by atoms with Crippen LogP contribution in [0.3, 0.4) is 0 Å². The third-order valence-electron chi connectivity index (χ3n) is 6.60. The van der Waals surface area contributed by atoms with Gasteiger partial charge in [-0.15, -0.1) is 0 Å². The van der Waals surface area contributed by atoms with Gasteiger partial charge in [-0.3, -0.25) is 9.59 Å². The van der Waals surface area contributed by atoms with Crippen LogP contribution in [-0.2, 0) is 22.7 Å². The van der Waals surface area contributed by atoms with Gasteiger partial charge in [-0.25, -0.2) is 18.1 Å². The number of benzene rings is 1. The Morgan fingerprint density at radius 2 is 2.02 bits per heavy atom. The van der Waals surface area contributed by atoms with Crippen LogP contribution in [0.4, 0.5) is 13.2 Å². The number of nitrogens with zero attached hydrogens (tertiary/aromatic N) is 4. The molecule has 0 spiro atoms. The molecule has 1 fully saturated rings. The third-order valence-corrected chi connectivity index (χ3v) is 8.42. The van der Waals surface area contributed by atoms with Crippen LogP contribution in [0.25, 0.3) is 5.82 Å². The van der Waals surface area contributed by atoms with E-state index in [-0.39, 0.29) is 52.4 Å². The van der Waals surface area contributed by atoms with Gasteiger partial charge in [-0.05, 0) is 42.7 Å². The van der Waals surface area contributed by atoms with Crippen molar-refractivity contribution >= 4 is 21.7 Å². The summed E-state index contributed by atoms with van der Waals surface area (Å²) in [5.41, 5.74) is 1.26. The molecular formula is C26H23F3N6O5S. The Hall–Kier alpha value is -4.45. The van der Waals surface area contributed by atoms with E-state index in [4.69, 9.17) is 10.00 Å². The molecular weight excluding hydrogens is 565 g/mol. The lowest BCUT2D eigenvalue weighted by Crippen LogP contribution is -2.53. The molecule has 2 amide bonds. The molecule has 41 heavy (non-hydrogen) atoms. The number of alkyl halides is 3. The largest absolute Gasteiger partial charge is 0.484 e. The van der Waals surface area contributed by atoms with Gasteiger partial charge in [0.05, 0.1) is 34.4 Å². The number of carbonyl (C=O) groups is 2. The first-order valence-electron chi connectivity index (χ1n) is 12.5. The summed E-state index contributed by atoms with van der Waals surface area (Å²) >= 11 is 0. The molecule has 2 N–H and O–H groups in total. The molecule has 11 nitrogen and oxygen atoms in total. The molecule has 4 heterocycles. The number of aryl methyl sites for hydroxylation is 1. The molecule has 1 saturated heterocycles. The van der Waals surface area contributed by atoms with Crippen molar-refractivity contribution in [3.8, 4) is 17.6 Å². The second kappa shape index (κ2) is 10.8. The summed E-state index contributed by atoms with van der Waals surface area (Å²) in [6.45, 7) is -1.40. The van der Waals surface area contributed by atoms with E-state index in [1.165, 1.54) is 35.1 Å². The van der Waals surface area contributed by atoms with E-state index in [2.05, 4.69) is 20.7 Å². The van der Waals surface area contributed by atoms with Crippen LogP contribution >= 0.6 is 0 Å². The molecule has 15 heteroatoms. The van der Waals surface area contributed by atoms with Gasteiger partial charge in [0.25, 0.3) is 11.8 Å². The normalized spacial score (nSPS) is 18.0. The number of nitriles is 1. The highest BCUT2D eigenvalue weighted by Crippen LogP contribution is 2.26. The maximum absolute atomic E-state index is 13.3. The molecule has 3 aromatic rings. The van der Waals surface area contributed by atoms with E-state index >= 15 is 0 Å². The Kier molecular flexibility index (Phi) is 7.43. The van der Waals surface area contributed by atoms with Gasteiger partial charge >= 0.3 is 6.18 Å². The Morgan fingerprint density at radius 1 is 1.24 bits per heavy atom. The molecule has 2 aliphatic heterocycles. The van der Waals surface area contributed by atoms with Crippen LogP contribution in [0, 0.1) is 11.3 Å². The van der Waals surface area contributed by atoms with Gasteiger partial charge in [0.2, 0.25) is 0 Å². The van der Waals surface area contributed by atoms with Gasteiger partial charge in [0, 0.05) is 18.7 Å². The predicted octanol–water partition coefficient (Wildman–Crippen LogP) is 1.89. The number of hydrogen-bond acceptors (Lipinski definition) is 8. The molecule has 0 bridgehead atoms. The van der Waals surface area contributed by atoms with Crippen LogP contribution < -0.4 is 15.4 Å². The van der Waals surface area contributed by atoms with Gasteiger partial charge in [-0.1, -0.05) is 12.1 Å². The second-order valence-electron chi connectivity index (χ2n) is 9.81. The summed E-state index contributed by atoms with van der Waals surface area (Å²) in [7, 11) is -3.21. The lowest BCUT2D eigenvalue weighted by atomic mass is 9.95. The van der Waals surface area contributed by atoms with Gasteiger partial charge < -0.3 is 15.4 Å². The molecule has 1 atom stereocenters. The van der Waals surface area contributed by atoms with E-state index in [1.807, 2.05) is 6.07 Å². The summed E-state index contributed by atoms with van der Waals surface area (Å²) in [5.74, 6) is -1.39. The maximum Gasteiger partial charge on any atom is 0.422 e. The summed E-state index contributed by atoms with van der Waals surface area (Å²) < 4.78 is 66.6. The maximum atomic E-state index is 13.3. The lowest BCUT2D eigenvalue weighted by molar-refractivity contribution is -0.153. The molecule has 1 aromatic carbocycles. The number of carbonyl (C=O) groups excluding carboxylic acids is 2. The first kappa shape index (κ1) is 28.1. The molecule has 214 valence electrons. The zero-order valence-corrected chi connectivity index (χ0v) is 22.1. The van der Waals surface area contributed by atoms with Crippen LogP contribution in [0.2, 0.25) is 0 Å². The van der Waals surface area contributed by atoms with Gasteiger partial charge in [-0.2, -0.15) is 23.5 Å². The van der Waals surface area contributed by atoms with Crippen LogP contribution in [0.5, 0.6) is 5.75 Å². The number of hydrogen-bond donors (Lipinski definition) is 2. The highest BCUT2D eigenvalue weighted by molar-refractivity contribution is 7.92. The molecule has 0 saturated carbocycles. The molecule has 0 unspecified atom stereocenters. The number of sulfone groups is 1. The minimum Gasteiger partial charge on any atom is -0.484 e. The monoisotopic (exact) mass is 588 g/mol. The van der Waals surface area contributed by atoms with Crippen molar-refractivity contribution < 1.29 is 35.9 Å². The number of nitrogens with one attached hydrogen (secondary N) is 2. The Labute approximate surface area is 232 Å². The quantitative estimate of drug-likeness (QED) is 0.404. The van der Waals surface area contributed by atoms with Crippen molar-refractivity contribution in [3.63, 3.8) is 0 Å². The van der Waals surface area contributed by atoms with E-state index in [0.29, 0.717) is 24.1 Å². The number of aromatic nitrogens is 3. The standard InChI is InChI=1S/C26H23F3N6O5S/c27-26(28,29)14-40-19-3-1-2-15(8-19)4-6-17-9-20-22(24(36)32-17)23(25(37)33-18-12-41(38,39)13-18)35(34-20)21-7-5-16(10-30)11-31-21/h1-3,5,7-8,11,17-18H,4,6,9,12-14H2,(H,32,36)(H,33,37)/t17-/m0/s1. The number of pyridine rings is 1. The van der Waals surface area contributed by atoms with Crippen molar-refractivity contribution in [1.82, 2.24) is 25.4 Å². The van der Waals surface area contributed by atoms with Gasteiger partial charge in [0.15, 0.2) is 22.3 Å². The number of amides is 2. The average Bonchev–Trinajstić information content (AvgIpc) is 3.30. The van der Waals surface area contributed by atoms with Crippen molar-refractivity contribution in [2.45, 2.75) is 37.5 Å². The number of halogens is 3. The minimum absolute atomic E-state index is 0.0367. The molecule has 5 rings (SSSR count). The van der Waals surface area contributed by atoms with Crippen LogP contribution in [-0.4, -0.2) is 71.4 Å². The van der Waals surface area contributed by atoms with Crippen LogP contribution in [0.1, 0.15) is 44.1 Å². The summed E-state index contributed by atoms with van der Waals surface area (Å²) in [6, 6.07) is 10.2. The van der Waals surface area contributed by atoms with E-state index in [0.717, 1.165) is 0 Å². The summed E-state index contributed by atoms with van der Waals surface area (Å²) in [5, 5.41) is 19.1. The zero-order chi connectivity index (χ0) is 29.4. The van der Waals surface area contributed by atoms with Crippen molar-refractivity contribution in [1.29, 1.82) is 5.26 Å². The molecule has 2 aromatic heterocycles. The Balaban J connectivity index is 1.36. The fraction of sp³-hybridized carbons (Fsp3) is 0.346. The van der Waals surface area contributed by atoms with Crippen molar-refractivity contribution in [2.24, 2.45) is 0 Å². The number of ether oxygens (including phenoxy) is 1. The summed E-state index contributed by atoms with van der Waals surface area (Å²) in [6.07, 6.45) is -2.05. The molecule has 0 radical (unpaired) electrons. The number of fused-ring (bicyclic) bond motifs is 1. The molecule has 2 aliphatic rings. The zero-order valence-electron chi connectivity index (χ0n) is 21.3. The van der Waals surface area contributed by atoms with E-state index in [1.54, 1.807) is 12.1 Å².